The van der Waals surface area contributed by atoms with Crippen LogP contribution in [0.15, 0.2) is 24.3 Å². The summed E-state index contributed by atoms with van der Waals surface area (Å²) in [6.07, 6.45) is 5.61. The predicted molar refractivity (Wildman–Crippen MR) is 98.0 cm³/mol. The lowest BCUT2D eigenvalue weighted by Crippen LogP contribution is -2.55. The van der Waals surface area contributed by atoms with E-state index in [1.54, 1.807) is 24.3 Å². The first-order valence-corrected chi connectivity index (χ1v) is 9.69. The average Bonchev–Trinajstić information content (AvgIpc) is 3.30. The van der Waals surface area contributed by atoms with Crippen LogP contribution in [0.1, 0.15) is 41.6 Å². The quantitative estimate of drug-likeness (QED) is 0.868. The van der Waals surface area contributed by atoms with Crippen molar-refractivity contribution in [3.63, 3.8) is 0 Å². The molecule has 140 valence electrons. The number of fused-ring (bicyclic) bond motifs is 2. The summed E-state index contributed by atoms with van der Waals surface area (Å²) in [7, 11) is 0. The molecular formula is C20H27N3O3. The summed E-state index contributed by atoms with van der Waals surface area (Å²) >= 11 is 0. The van der Waals surface area contributed by atoms with E-state index in [0.717, 1.165) is 49.6 Å². The van der Waals surface area contributed by atoms with Gasteiger partial charge in [-0.3, -0.25) is 4.90 Å². The van der Waals surface area contributed by atoms with E-state index in [9.17, 15) is 9.59 Å². The normalized spacial score (nSPS) is 28.3. The number of nitrogens with one attached hydrogen (secondary N) is 1. The molecular weight excluding hydrogens is 330 g/mol. The molecule has 2 N–H and O–H groups in total. The van der Waals surface area contributed by atoms with Crippen LogP contribution in [0.5, 0.6) is 0 Å². The summed E-state index contributed by atoms with van der Waals surface area (Å²) in [6, 6.07) is 7.36. The van der Waals surface area contributed by atoms with E-state index in [1.807, 2.05) is 4.90 Å². The molecule has 1 aliphatic heterocycles. The second kappa shape index (κ2) is 7.27. The largest absolute Gasteiger partial charge is 0.478 e. The fourth-order valence-corrected chi connectivity index (χ4v) is 4.97. The van der Waals surface area contributed by atoms with Crippen molar-refractivity contribution in [3.8, 4) is 0 Å². The number of urea groups is 1. The van der Waals surface area contributed by atoms with Crippen LogP contribution in [0.3, 0.4) is 0 Å². The van der Waals surface area contributed by atoms with Gasteiger partial charge in [0, 0.05) is 38.8 Å². The third-order valence-corrected chi connectivity index (χ3v) is 6.42. The lowest BCUT2D eigenvalue weighted by Gasteiger charge is -2.41. The highest BCUT2D eigenvalue weighted by Crippen LogP contribution is 2.46. The van der Waals surface area contributed by atoms with Gasteiger partial charge in [-0.05, 0) is 48.8 Å². The SMILES string of the molecule is O=C(O)c1ccc(CNC(=O)N2CCN(C3CC4CCC3C4)CC2)cc1. The molecule has 4 rings (SSSR count). The molecule has 3 fully saturated rings. The van der Waals surface area contributed by atoms with Gasteiger partial charge in [0.25, 0.3) is 0 Å². The fraction of sp³-hybridized carbons (Fsp3) is 0.600. The van der Waals surface area contributed by atoms with E-state index in [2.05, 4.69) is 10.2 Å². The summed E-state index contributed by atoms with van der Waals surface area (Å²) < 4.78 is 0. The van der Waals surface area contributed by atoms with Crippen molar-refractivity contribution in [3.05, 3.63) is 35.4 Å². The first-order valence-electron chi connectivity index (χ1n) is 9.69. The van der Waals surface area contributed by atoms with Gasteiger partial charge >= 0.3 is 12.0 Å². The molecule has 26 heavy (non-hydrogen) atoms. The maximum Gasteiger partial charge on any atom is 0.335 e. The van der Waals surface area contributed by atoms with Crippen LogP contribution in [-0.2, 0) is 6.54 Å². The third kappa shape index (κ3) is 3.56. The van der Waals surface area contributed by atoms with E-state index in [0.29, 0.717) is 6.54 Å². The van der Waals surface area contributed by atoms with Crippen molar-refractivity contribution in [2.75, 3.05) is 26.2 Å². The summed E-state index contributed by atoms with van der Waals surface area (Å²) in [5.74, 6) is 0.918. The van der Waals surface area contributed by atoms with Gasteiger partial charge in [0.1, 0.15) is 0 Å². The first-order chi connectivity index (χ1) is 12.6. The molecule has 2 aliphatic carbocycles. The Bertz CT molecular complexity index is 667. The fourth-order valence-electron chi connectivity index (χ4n) is 4.97. The smallest absolute Gasteiger partial charge is 0.335 e. The minimum atomic E-state index is -0.936. The standard InChI is InChI=1S/C20H27N3O3/c24-19(25)16-4-1-14(2-5-16)13-21-20(26)23-9-7-22(8-10-23)18-12-15-3-6-17(18)11-15/h1-2,4-5,15,17-18H,3,6-13H2,(H,21,26)(H,24,25). The number of aromatic carboxylic acids is 1. The Hall–Kier alpha value is -2.08. The number of benzene rings is 1. The molecule has 0 aromatic heterocycles. The molecule has 0 radical (unpaired) electrons. The maximum atomic E-state index is 12.4. The molecule has 6 heteroatoms. The Morgan fingerprint density at radius 3 is 2.35 bits per heavy atom. The minimum Gasteiger partial charge on any atom is -0.478 e. The van der Waals surface area contributed by atoms with Gasteiger partial charge < -0.3 is 15.3 Å². The number of carbonyl (C=O) groups excluding carboxylic acids is 1. The van der Waals surface area contributed by atoms with Crippen molar-refractivity contribution in [1.29, 1.82) is 0 Å². The number of carbonyl (C=O) groups is 2. The summed E-state index contributed by atoms with van der Waals surface area (Å²) in [6.45, 7) is 3.96. The van der Waals surface area contributed by atoms with Crippen molar-refractivity contribution in [1.82, 2.24) is 15.1 Å². The van der Waals surface area contributed by atoms with Crippen LogP contribution in [0.2, 0.25) is 0 Å². The van der Waals surface area contributed by atoms with Gasteiger partial charge in [0.15, 0.2) is 0 Å². The van der Waals surface area contributed by atoms with Gasteiger partial charge in [-0.15, -0.1) is 0 Å². The Kier molecular flexibility index (Phi) is 4.85. The Labute approximate surface area is 154 Å². The number of carboxylic acid groups (broad SMARTS) is 1. The molecule has 2 bridgehead atoms. The summed E-state index contributed by atoms with van der Waals surface area (Å²) in [5.41, 5.74) is 1.17. The number of hydrogen-bond acceptors (Lipinski definition) is 3. The van der Waals surface area contributed by atoms with Crippen LogP contribution >= 0.6 is 0 Å². The molecule has 1 saturated heterocycles. The number of nitrogens with zero attached hydrogens (tertiary/aromatic N) is 2. The molecule has 3 atom stereocenters. The number of rotatable bonds is 4. The zero-order valence-corrected chi connectivity index (χ0v) is 15.1. The Balaban J connectivity index is 1.23. The Morgan fingerprint density at radius 2 is 1.77 bits per heavy atom. The van der Waals surface area contributed by atoms with Crippen molar-refractivity contribution < 1.29 is 14.7 Å². The van der Waals surface area contributed by atoms with Crippen molar-refractivity contribution in [2.24, 2.45) is 11.8 Å². The summed E-state index contributed by atoms with van der Waals surface area (Å²) in [4.78, 5) is 27.8. The van der Waals surface area contributed by atoms with E-state index < -0.39 is 5.97 Å². The molecule has 0 spiro atoms. The van der Waals surface area contributed by atoms with E-state index in [4.69, 9.17) is 5.11 Å². The molecule has 2 amide bonds. The van der Waals surface area contributed by atoms with Crippen molar-refractivity contribution in [2.45, 2.75) is 38.3 Å². The lowest BCUT2D eigenvalue weighted by molar-refractivity contribution is 0.0696. The van der Waals surface area contributed by atoms with Crippen LogP contribution in [-0.4, -0.2) is 59.1 Å². The first kappa shape index (κ1) is 17.3. The molecule has 1 aromatic carbocycles. The molecule has 3 aliphatic rings. The second-order valence-corrected chi connectivity index (χ2v) is 7.93. The maximum absolute atomic E-state index is 12.4. The van der Waals surface area contributed by atoms with E-state index >= 15 is 0 Å². The lowest BCUT2D eigenvalue weighted by atomic mass is 9.93. The second-order valence-electron chi connectivity index (χ2n) is 7.93. The van der Waals surface area contributed by atoms with Gasteiger partial charge in [0.2, 0.25) is 0 Å². The monoisotopic (exact) mass is 357 g/mol. The zero-order chi connectivity index (χ0) is 18.1. The molecule has 1 heterocycles. The van der Waals surface area contributed by atoms with Crippen LogP contribution in [0.25, 0.3) is 0 Å². The highest BCUT2D eigenvalue weighted by atomic mass is 16.4. The molecule has 1 aromatic rings. The zero-order valence-electron chi connectivity index (χ0n) is 15.1. The topological polar surface area (TPSA) is 72.9 Å². The number of carboxylic acids is 1. The number of piperazine rings is 1. The van der Waals surface area contributed by atoms with Gasteiger partial charge in [-0.2, -0.15) is 0 Å². The van der Waals surface area contributed by atoms with Gasteiger partial charge in [-0.25, -0.2) is 9.59 Å². The molecule has 2 saturated carbocycles. The average molecular weight is 357 g/mol. The minimum absolute atomic E-state index is 0.0279. The Morgan fingerprint density at radius 1 is 1.04 bits per heavy atom. The van der Waals surface area contributed by atoms with E-state index in [1.165, 1.54) is 25.7 Å². The van der Waals surface area contributed by atoms with Gasteiger partial charge in [-0.1, -0.05) is 18.6 Å². The van der Waals surface area contributed by atoms with Crippen LogP contribution in [0, 0.1) is 11.8 Å². The van der Waals surface area contributed by atoms with Crippen LogP contribution in [0.4, 0.5) is 4.79 Å². The molecule has 3 unspecified atom stereocenters. The highest BCUT2D eigenvalue weighted by molar-refractivity contribution is 5.87. The number of amides is 2. The third-order valence-electron chi connectivity index (χ3n) is 6.42. The van der Waals surface area contributed by atoms with Gasteiger partial charge in [0.05, 0.1) is 5.56 Å². The predicted octanol–water partition coefficient (Wildman–Crippen LogP) is 2.40. The number of hydrogen-bond donors (Lipinski definition) is 2. The van der Waals surface area contributed by atoms with Crippen molar-refractivity contribution >= 4 is 12.0 Å². The summed E-state index contributed by atoms with van der Waals surface area (Å²) in [5, 5.41) is 11.9. The highest BCUT2D eigenvalue weighted by Gasteiger charge is 2.42. The molecule has 6 nitrogen and oxygen atoms in total. The van der Waals surface area contributed by atoms with Crippen LogP contribution < -0.4 is 5.32 Å². The van der Waals surface area contributed by atoms with E-state index in [-0.39, 0.29) is 11.6 Å².